The fourth-order valence-corrected chi connectivity index (χ4v) is 3.96. The lowest BCUT2D eigenvalue weighted by Crippen LogP contribution is -2.43. The first-order chi connectivity index (χ1) is 9.26. The van der Waals surface area contributed by atoms with Crippen molar-refractivity contribution in [1.29, 1.82) is 0 Å². The van der Waals surface area contributed by atoms with Gasteiger partial charge in [0.2, 0.25) is 0 Å². The van der Waals surface area contributed by atoms with E-state index in [-0.39, 0.29) is 5.60 Å². The maximum Gasteiger partial charge on any atom is 0.0775 e. The zero-order chi connectivity index (χ0) is 14.8. The van der Waals surface area contributed by atoms with Crippen molar-refractivity contribution in [1.82, 2.24) is 5.32 Å². The highest BCUT2D eigenvalue weighted by Gasteiger charge is 2.28. The molecule has 1 aliphatic heterocycles. The van der Waals surface area contributed by atoms with Crippen LogP contribution in [0, 0.1) is 0 Å². The molecule has 20 heavy (non-hydrogen) atoms. The minimum atomic E-state index is -1.17. The first-order valence-electron chi connectivity index (χ1n) is 7.73. The number of hydrogen-bond acceptors (Lipinski definition) is 2. The maximum absolute atomic E-state index is 5.77. The van der Waals surface area contributed by atoms with Gasteiger partial charge in [0.05, 0.1) is 13.7 Å². The summed E-state index contributed by atoms with van der Waals surface area (Å²) >= 11 is 0. The van der Waals surface area contributed by atoms with Crippen LogP contribution < -0.4 is 10.5 Å². The Balaban J connectivity index is 1.88. The van der Waals surface area contributed by atoms with Gasteiger partial charge in [0.25, 0.3) is 0 Å². The summed E-state index contributed by atoms with van der Waals surface area (Å²) in [6.45, 7) is 13.4. The highest BCUT2D eigenvalue weighted by molar-refractivity contribution is 6.88. The molecule has 2 nitrogen and oxygen atoms in total. The molecule has 3 heteroatoms. The molecule has 0 saturated carbocycles. The highest BCUT2D eigenvalue weighted by Crippen LogP contribution is 2.24. The molecule has 0 bridgehead atoms. The van der Waals surface area contributed by atoms with Crippen LogP contribution in [0.2, 0.25) is 19.6 Å². The van der Waals surface area contributed by atoms with Crippen molar-refractivity contribution in [3.63, 3.8) is 0 Å². The summed E-state index contributed by atoms with van der Waals surface area (Å²) in [5.41, 5.74) is 1.41. The second-order valence-corrected chi connectivity index (χ2v) is 12.7. The summed E-state index contributed by atoms with van der Waals surface area (Å²) in [6, 6.07) is 9.78. The molecule has 1 heterocycles. The van der Waals surface area contributed by atoms with Crippen LogP contribution in [-0.2, 0) is 11.3 Å². The third kappa shape index (κ3) is 4.44. The zero-order valence-corrected chi connectivity index (χ0v) is 14.6. The molecule has 1 aromatic carbocycles. The SMILES string of the molecule is CC1(C)CC(NCc2ccc([Si](C)(C)C)cc2)CCO1. The average molecular weight is 292 g/mol. The summed E-state index contributed by atoms with van der Waals surface area (Å²) in [5.74, 6) is 0. The molecule has 0 amide bonds. The van der Waals surface area contributed by atoms with Crippen LogP contribution in [0.15, 0.2) is 24.3 Å². The van der Waals surface area contributed by atoms with Gasteiger partial charge in [0.1, 0.15) is 0 Å². The summed E-state index contributed by atoms with van der Waals surface area (Å²) in [6.07, 6.45) is 2.22. The Morgan fingerprint density at radius 3 is 2.40 bits per heavy atom. The number of nitrogens with one attached hydrogen (secondary N) is 1. The van der Waals surface area contributed by atoms with Crippen molar-refractivity contribution < 1.29 is 4.74 Å². The molecule has 112 valence electrons. The van der Waals surface area contributed by atoms with E-state index in [1.165, 1.54) is 10.8 Å². The topological polar surface area (TPSA) is 21.3 Å². The highest BCUT2D eigenvalue weighted by atomic mass is 28.3. The average Bonchev–Trinajstić information content (AvgIpc) is 2.35. The molecule has 0 aliphatic carbocycles. The molecule has 1 fully saturated rings. The maximum atomic E-state index is 5.77. The first-order valence-corrected chi connectivity index (χ1v) is 11.2. The normalized spacial score (nSPS) is 22.8. The van der Waals surface area contributed by atoms with E-state index in [2.05, 4.69) is 63.1 Å². The Morgan fingerprint density at radius 2 is 1.85 bits per heavy atom. The smallest absolute Gasteiger partial charge is 0.0775 e. The van der Waals surface area contributed by atoms with Crippen molar-refractivity contribution in [2.24, 2.45) is 0 Å². The second-order valence-electron chi connectivity index (χ2n) is 7.63. The minimum Gasteiger partial charge on any atom is -0.375 e. The zero-order valence-electron chi connectivity index (χ0n) is 13.6. The lowest BCUT2D eigenvalue weighted by atomic mass is 9.94. The fraction of sp³-hybridized carbons (Fsp3) is 0.647. The van der Waals surface area contributed by atoms with Crippen LogP contribution >= 0.6 is 0 Å². The van der Waals surface area contributed by atoms with Crippen LogP contribution in [0.3, 0.4) is 0 Å². The van der Waals surface area contributed by atoms with Crippen molar-refractivity contribution in [3.05, 3.63) is 29.8 Å². The van der Waals surface area contributed by atoms with Crippen molar-refractivity contribution >= 4 is 13.3 Å². The third-order valence-corrected chi connectivity index (χ3v) is 6.18. The summed E-state index contributed by atoms with van der Waals surface area (Å²) in [5, 5.41) is 5.22. The Hall–Kier alpha value is -0.643. The Kier molecular flexibility index (Phi) is 4.72. The molecule has 1 aromatic rings. The van der Waals surface area contributed by atoms with Gasteiger partial charge in [0.15, 0.2) is 0 Å². The van der Waals surface area contributed by atoms with Crippen molar-refractivity contribution in [2.75, 3.05) is 6.61 Å². The number of hydrogen-bond donors (Lipinski definition) is 1. The van der Waals surface area contributed by atoms with Gasteiger partial charge >= 0.3 is 0 Å². The Labute approximate surface area is 124 Å². The minimum absolute atomic E-state index is 0.0254. The quantitative estimate of drug-likeness (QED) is 0.860. The largest absolute Gasteiger partial charge is 0.375 e. The van der Waals surface area contributed by atoms with Gasteiger partial charge in [-0.1, -0.05) is 49.1 Å². The molecular weight excluding hydrogens is 262 g/mol. The molecule has 0 aromatic heterocycles. The molecule has 1 aliphatic rings. The van der Waals surface area contributed by atoms with Gasteiger partial charge in [-0.15, -0.1) is 0 Å². The van der Waals surface area contributed by atoms with Gasteiger partial charge in [-0.3, -0.25) is 0 Å². The van der Waals surface area contributed by atoms with Crippen LogP contribution in [0.5, 0.6) is 0 Å². The molecule has 1 atom stereocenters. The van der Waals surface area contributed by atoms with E-state index in [1.807, 2.05) is 0 Å². The van der Waals surface area contributed by atoms with Gasteiger partial charge in [-0.2, -0.15) is 0 Å². The predicted octanol–water partition coefficient (Wildman–Crippen LogP) is 3.28. The monoisotopic (exact) mass is 291 g/mol. The lowest BCUT2D eigenvalue weighted by Gasteiger charge is -2.36. The van der Waals surface area contributed by atoms with Crippen LogP contribution in [-0.4, -0.2) is 26.3 Å². The predicted molar refractivity (Wildman–Crippen MR) is 89.3 cm³/mol. The van der Waals surface area contributed by atoms with E-state index in [4.69, 9.17) is 4.74 Å². The van der Waals surface area contributed by atoms with Gasteiger partial charge in [0, 0.05) is 19.2 Å². The van der Waals surface area contributed by atoms with Crippen LogP contribution in [0.4, 0.5) is 0 Å². The molecule has 0 radical (unpaired) electrons. The first kappa shape index (κ1) is 15.7. The van der Waals surface area contributed by atoms with E-state index in [0.717, 1.165) is 26.0 Å². The van der Waals surface area contributed by atoms with E-state index >= 15 is 0 Å². The third-order valence-electron chi connectivity index (χ3n) is 4.11. The standard InChI is InChI=1S/C17H29NOSi/c1-17(2)12-15(10-11-19-17)18-13-14-6-8-16(9-7-14)20(3,4)5/h6-9,15,18H,10-13H2,1-5H3. The Morgan fingerprint density at radius 1 is 1.20 bits per heavy atom. The van der Waals surface area contributed by atoms with E-state index in [1.54, 1.807) is 0 Å². The molecule has 1 N–H and O–H groups in total. The number of rotatable bonds is 4. The number of ether oxygens (including phenoxy) is 1. The van der Waals surface area contributed by atoms with E-state index in [0.29, 0.717) is 6.04 Å². The molecule has 2 rings (SSSR count). The fourth-order valence-electron chi connectivity index (χ4n) is 2.79. The van der Waals surface area contributed by atoms with Crippen molar-refractivity contribution in [2.45, 2.75) is 64.5 Å². The summed E-state index contributed by atoms with van der Waals surface area (Å²) in [7, 11) is -1.17. The van der Waals surface area contributed by atoms with Crippen molar-refractivity contribution in [3.8, 4) is 0 Å². The Bertz CT molecular complexity index is 433. The lowest BCUT2D eigenvalue weighted by molar-refractivity contribution is -0.0630. The molecular formula is C17H29NOSi. The van der Waals surface area contributed by atoms with E-state index in [9.17, 15) is 0 Å². The second kappa shape index (κ2) is 6.00. The molecule has 1 unspecified atom stereocenters. The summed E-state index contributed by atoms with van der Waals surface area (Å²) < 4.78 is 5.77. The number of benzene rings is 1. The van der Waals surface area contributed by atoms with Gasteiger partial charge < -0.3 is 10.1 Å². The molecule has 1 saturated heterocycles. The summed E-state index contributed by atoms with van der Waals surface area (Å²) in [4.78, 5) is 0. The van der Waals surface area contributed by atoms with Gasteiger partial charge in [-0.25, -0.2) is 0 Å². The van der Waals surface area contributed by atoms with Gasteiger partial charge in [-0.05, 0) is 32.3 Å². The van der Waals surface area contributed by atoms with E-state index < -0.39 is 8.07 Å². The molecule has 0 spiro atoms. The van der Waals surface area contributed by atoms with Crippen LogP contribution in [0.1, 0.15) is 32.3 Å². The van der Waals surface area contributed by atoms with Crippen LogP contribution in [0.25, 0.3) is 0 Å².